The molecular formula is C40H52N2O5. The first-order chi connectivity index (χ1) is 22.4. The maximum atomic E-state index is 13.6. The summed E-state index contributed by atoms with van der Waals surface area (Å²) < 4.78 is 24.8. The highest BCUT2D eigenvalue weighted by molar-refractivity contribution is 5.88. The van der Waals surface area contributed by atoms with E-state index in [0.29, 0.717) is 13.0 Å². The van der Waals surface area contributed by atoms with Gasteiger partial charge in [0.2, 0.25) is 0 Å². The fourth-order valence-electron chi connectivity index (χ4n) is 6.17. The minimum absolute atomic E-state index is 0.143. The Labute approximate surface area is 281 Å². The highest BCUT2D eigenvalue weighted by Gasteiger charge is 2.38. The lowest BCUT2D eigenvalue weighted by Crippen LogP contribution is -2.45. The predicted octanol–water partition coefficient (Wildman–Crippen LogP) is 9.04. The lowest BCUT2D eigenvalue weighted by molar-refractivity contribution is -0.166. The summed E-state index contributed by atoms with van der Waals surface area (Å²) in [5.41, 5.74) is 5.48. The van der Waals surface area contributed by atoms with E-state index in [-0.39, 0.29) is 18.3 Å². The minimum Gasteiger partial charge on any atom is -0.485 e. The van der Waals surface area contributed by atoms with Crippen LogP contribution in [0.3, 0.4) is 0 Å². The second kappa shape index (κ2) is 15.8. The molecule has 47 heavy (non-hydrogen) atoms. The van der Waals surface area contributed by atoms with Crippen molar-refractivity contribution in [3.8, 4) is 16.9 Å². The van der Waals surface area contributed by atoms with Crippen molar-refractivity contribution in [2.24, 2.45) is 0 Å². The van der Waals surface area contributed by atoms with Crippen LogP contribution in [0.4, 0.5) is 5.69 Å². The Balaban J connectivity index is 1.82. The molecule has 0 amide bonds. The number of aryl methyl sites for hydroxylation is 2. The molecule has 1 aliphatic heterocycles. The van der Waals surface area contributed by atoms with Crippen LogP contribution in [0.5, 0.6) is 5.75 Å². The summed E-state index contributed by atoms with van der Waals surface area (Å²) in [6.45, 7) is 23.8. The van der Waals surface area contributed by atoms with Gasteiger partial charge >= 0.3 is 5.97 Å². The van der Waals surface area contributed by atoms with Crippen molar-refractivity contribution in [3.05, 3.63) is 102 Å². The van der Waals surface area contributed by atoms with Gasteiger partial charge in [-0.25, -0.2) is 4.79 Å². The van der Waals surface area contributed by atoms with Crippen LogP contribution in [-0.2, 0) is 19.0 Å². The van der Waals surface area contributed by atoms with E-state index in [1.54, 1.807) is 6.08 Å². The fraction of sp³-hybridized carbons (Fsp3) is 0.450. The van der Waals surface area contributed by atoms with Crippen molar-refractivity contribution in [1.82, 2.24) is 4.98 Å². The molecule has 1 aromatic heterocycles. The Bertz CT molecular complexity index is 1500. The Kier molecular flexibility index (Phi) is 12.0. The maximum Gasteiger partial charge on any atom is 0.340 e. The average molecular weight is 641 g/mol. The number of carbonyl (C=O) groups excluding carboxylic acids is 1. The molecule has 7 heteroatoms. The third-order valence-corrected chi connectivity index (χ3v) is 8.47. The van der Waals surface area contributed by atoms with E-state index in [0.717, 1.165) is 71.0 Å². The lowest BCUT2D eigenvalue weighted by atomic mass is 9.89. The zero-order valence-corrected chi connectivity index (χ0v) is 29.3. The molecular weight excluding hydrogens is 588 g/mol. The van der Waals surface area contributed by atoms with E-state index in [4.69, 9.17) is 23.9 Å². The van der Waals surface area contributed by atoms with Gasteiger partial charge < -0.3 is 23.8 Å². The SMILES string of the molecule is C=CCOC1(C)CCN(c2c(-c3ccc(OC(CC=C)c4ccccc4)cc3)c(C)nc(C)c2C(OC(C)(C)C)C(=O)OCC)CC1. The van der Waals surface area contributed by atoms with Crippen LogP contribution in [0.2, 0.25) is 0 Å². The number of hydrogen-bond donors (Lipinski definition) is 0. The number of hydrogen-bond acceptors (Lipinski definition) is 7. The summed E-state index contributed by atoms with van der Waals surface area (Å²) in [6, 6.07) is 18.3. The molecule has 7 nitrogen and oxygen atoms in total. The first-order valence-corrected chi connectivity index (χ1v) is 16.7. The number of esters is 1. The molecule has 252 valence electrons. The zero-order valence-electron chi connectivity index (χ0n) is 29.3. The highest BCUT2D eigenvalue weighted by atomic mass is 16.6. The van der Waals surface area contributed by atoms with Gasteiger partial charge in [0.15, 0.2) is 6.10 Å². The third kappa shape index (κ3) is 9.11. The van der Waals surface area contributed by atoms with Gasteiger partial charge in [-0.15, -0.1) is 13.2 Å². The van der Waals surface area contributed by atoms with E-state index in [1.165, 1.54) is 0 Å². The van der Waals surface area contributed by atoms with Crippen LogP contribution in [0.15, 0.2) is 79.9 Å². The topological polar surface area (TPSA) is 70.1 Å². The molecule has 2 aromatic carbocycles. The van der Waals surface area contributed by atoms with Crippen LogP contribution in [0, 0.1) is 13.8 Å². The van der Waals surface area contributed by atoms with Crippen molar-refractivity contribution < 1.29 is 23.7 Å². The minimum atomic E-state index is -0.949. The first kappa shape index (κ1) is 35.9. The molecule has 0 spiro atoms. The van der Waals surface area contributed by atoms with Gasteiger partial charge in [0.05, 0.1) is 30.1 Å². The summed E-state index contributed by atoms with van der Waals surface area (Å²) in [5, 5.41) is 0. The maximum absolute atomic E-state index is 13.6. The van der Waals surface area contributed by atoms with Crippen LogP contribution in [0.1, 0.15) is 88.6 Å². The largest absolute Gasteiger partial charge is 0.485 e. The average Bonchev–Trinajstić information content (AvgIpc) is 3.03. The molecule has 2 heterocycles. The van der Waals surface area contributed by atoms with E-state index in [1.807, 2.05) is 78.0 Å². The summed E-state index contributed by atoms with van der Waals surface area (Å²) in [4.78, 5) is 21.0. The van der Waals surface area contributed by atoms with Crippen molar-refractivity contribution in [3.63, 3.8) is 0 Å². The molecule has 4 rings (SSSR count). The molecule has 0 bridgehead atoms. The summed E-state index contributed by atoms with van der Waals surface area (Å²) in [5.74, 6) is 0.343. The Hall–Kier alpha value is -3.94. The van der Waals surface area contributed by atoms with Gasteiger partial charge in [-0.1, -0.05) is 54.6 Å². The number of nitrogens with zero attached hydrogens (tertiary/aromatic N) is 2. The number of pyridine rings is 1. The van der Waals surface area contributed by atoms with Gasteiger partial charge in [-0.05, 0) is 84.6 Å². The van der Waals surface area contributed by atoms with Crippen molar-refractivity contribution in [2.75, 3.05) is 31.2 Å². The van der Waals surface area contributed by atoms with Gasteiger partial charge in [0.25, 0.3) is 0 Å². The summed E-state index contributed by atoms with van der Waals surface area (Å²) in [7, 11) is 0. The molecule has 0 saturated carbocycles. The van der Waals surface area contributed by atoms with Crippen LogP contribution < -0.4 is 9.64 Å². The molecule has 0 aliphatic carbocycles. The summed E-state index contributed by atoms with van der Waals surface area (Å²) in [6.07, 6.45) is 4.92. The molecule has 3 aromatic rings. The second-order valence-corrected chi connectivity index (χ2v) is 13.4. The lowest BCUT2D eigenvalue weighted by Gasteiger charge is -2.42. The summed E-state index contributed by atoms with van der Waals surface area (Å²) >= 11 is 0. The van der Waals surface area contributed by atoms with E-state index < -0.39 is 17.7 Å². The van der Waals surface area contributed by atoms with Gasteiger partial charge in [-0.3, -0.25) is 4.98 Å². The van der Waals surface area contributed by atoms with E-state index in [9.17, 15) is 4.79 Å². The van der Waals surface area contributed by atoms with Crippen molar-refractivity contribution in [2.45, 2.75) is 91.1 Å². The second-order valence-electron chi connectivity index (χ2n) is 13.4. The van der Waals surface area contributed by atoms with E-state index in [2.05, 4.69) is 49.2 Å². The van der Waals surface area contributed by atoms with Crippen molar-refractivity contribution in [1.29, 1.82) is 0 Å². The Morgan fingerprint density at radius 1 is 1.00 bits per heavy atom. The normalized spacial score (nSPS) is 15.9. The number of ether oxygens (including phenoxy) is 4. The van der Waals surface area contributed by atoms with Crippen LogP contribution >= 0.6 is 0 Å². The van der Waals surface area contributed by atoms with Crippen molar-refractivity contribution >= 4 is 11.7 Å². The van der Waals surface area contributed by atoms with Gasteiger partial charge in [-0.2, -0.15) is 0 Å². The molecule has 0 radical (unpaired) electrons. The number of rotatable bonds is 14. The Morgan fingerprint density at radius 3 is 2.23 bits per heavy atom. The quantitative estimate of drug-likeness (QED) is 0.129. The number of aromatic nitrogens is 1. The molecule has 2 atom stereocenters. The highest BCUT2D eigenvalue weighted by Crippen LogP contribution is 2.45. The van der Waals surface area contributed by atoms with Gasteiger partial charge in [0, 0.05) is 42.0 Å². The standard InChI is InChI=1S/C40H52N2O5/c1-10-16-33(30-17-14-13-15-18-30)46-32-21-19-31(20-22-32)34-28(4)41-29(5)35(37(38(43)44-12-3)47-39(6,7)8)36(34)42-25-23-40(9,24-26-42)45-27-11-2/h10-11,13-15,17-22,33,37H,1-2,12,16,23-27H2,3-9H3. The molecule has 1 fully saturated rings. The zero-order chi connectivity index (χ0) is 34.2. The number of piperidine rings is 1. The monoisotopic (exact) mass is 640 g/mol. The number of benzene rings is 2. The molecule has 0 N–H and O–H groups in total. The third-order valence-electron chi connectivity index (χ3n) is 8.47. The number of carbonyl (C=O) groups is 1. The fourth-order valence-corrected chi connectivity index (χ4v) is 6.17. The van der Waals surface area contributed by atoms with Crippen LogP contribution in [-0.4, -0.2) is 48.5 Å². The molecule has 1 aliphatic rings. The van der Waals surface area contributed by atoms with E-state index >= 15 is 0 Å². The first-order valence-electron chi connectivity index (χ1n) is 16.7. The molecule has 1 saturated heterocycles. The van der Waals surface area contributed by atoms with Crippen LogP contribution in [0.25, 0.3) is 11.1 Å². The smallest absolute Gasteiger partial charge is 0.340 e. The number of anilines is 1. The molecule has 2 unspecified atom stereocenters. The van der Waals surface area contributed by atoms with Gasteiger partial charge in [0.1, 0.15) is 11.9 Å². The Morgan fingerprint density at radius 2 is 1.66 bits per heavy atom. The predicted molar refractivity (Wildman–Crippen MR) is 190 cm³/mol.